The largest absolute Gasteiger partial charge is 0.451 e. The van der Waals surface area contributed by atoms with E-state index in [2.05, 4.69) is 24.3 Å². The van der Waals surface area contributed by atoms with Crippen LogP contribution in [0.15, 0.2) is 30.7 Å². The van der Waals surface area contributed by atoms with Gasteiger partial charge in [-0.1, -0.05) is 6.92 Å². The average molecular weight is 700 g/mol. The van der Waals surface area contributed by atoms with Gasteiger partial charge in [-0.2, -0.15) is 13.1 Å². The van der Waals surface area contributed by atoms with E-state index in [4.69, 9.17) is 9.47 Å². The third-order valence-corrected chi connectivity index (χ3v) is 10.4. The molecule has 3 saturated heterocycles. The van der Waals surface area contributed by atoms with Gasteiger partial charge < -0.3 is 24.4 Å². The minimum absolute atomic E-state index is 0.00475. The molecule has 3 fully saturated rings. The first-order valence-corrected chi connectivity index (χ1v) is 17.7. The standard InChI is InChI=1S/C31H44F3N7O6S/c1-4-37-48(44,45)38-23-7-8-31(43,46-16-23)19-39-11-9-30(10-12-39)17-40(18-30)28-26(14-35-20-36-28)47-25-6-5-22(32)13-24(25)29(42)41(21(2)3)15-27(33)34/h5-6,13-14,20-21,23,27,37-38,43H,4,7-12,15-19H2,1-3H3/t23-,31-/m1/s1. The number of alkyl halides is 2. The van der Waals surface area contributed by atoms with Crippen molar-refractivity contribution in [2.75, 3.05) is 57.3 Å². The topological polar surface area (TPSA) is 149 Å². The Morgan fingerprint density at radius 1 is 1.21 bits per heavy atom. The van der Waals surface area contributed by atoms with Gasteiger partial charge in [0.05, 0.1) is 31.5 Å². The van der Waals surface area contributed by atoms with E-state index in [1.807, 2.05) is 4.90 Å². The van der Waals surface area contributed by atoms with Crippen molar-refractivity contribution in [3.8, 4) is 11.5 Å². The van der Waals surface area contributed by atoms with Crippen molar-refractivity contribution in [1.82, 2.24) is 29.2 Å². The quantitative estimate of drug-likeness (QED) is 0.285. The number of likely N-dealkylation sites (tertiary alicyclic amines) is 1. The molecule has 13 nitrogen and oxygen atoms in total. The first kappa shape index (κ1) is 36.2. The van der Waals surface area contributed by atoms with Crippen LogP contribution in [-0.4, -0.2) is 116 Å². The number of carbonyl (C=O) groups excluding carboxylic acids is 1. The van der Waals surface area contributed by atoms with Gasteiger partial charge in [0.25, 0.3) is 22.5 Å². The SMILES string of the molecule is CCNS(=O)(=O)N[C@@H]1CC[C@](O)(CN2CCC3(CC2)CN(c2ncncc2Oc2ccc(F)cc2C(=O)N(CC(F)F)C(C)C)C3)OC1. The van der Waals surface area contributed by atoms with Crippen LogP contribution in [0.2, 0.25) is 0 Å². The molecule has 0 unspecified atom stereocenters. The highest BCUT2D eigenvalue weighted by atomic mass is 32.2. The molecule has 3 aliphatic rings. The number of nitrogens with zero attached hydrogens (tertiary/aromatic N) is 5. The molecule has 2 atom stereocenters. The number of halogens is 3. The minimum Gasteiger partial charge on any atom is -0.451 e. The molecular weight excluding hydrogens is 655 g/mol. The maximum atomic E-state index is 14.3. The molecule has 0 aliphatic carbocycles. The van der Waals surface area contributed by atoms with Gasteiger partial charge in [-0.3, -0.25) is 9.69 Å². The molecule has 17 heteroatoms. The molecule has 1 amide bonds. The number of anilines is 1. The van der Waals surface area contributed by atoms with Crippen LogP contribution in [0.5, 0.6) is 11.5 Å². The molecule has 3 N–H and O–H groups in total. The van der Waals surface area contributed by atoms with Crippen LogP contribution >= 0.6 is 0 Å². The van der Waals surface area contributed by atoms with E-state index in [0.29, 0.717) is 38.3 Å². The summed E-state index contributed by atoms with van der Waals surface area (Å²) in [6.45, 7) is 7.66. The van der Waals surface area contributed by atoms with Gasteiger partial charge in [0, 0.05) is 43.6 Å². The third-order valence-electron chi connectivity index (χ3n) is 9.10. The lowest BCUT2D eigenvalue weighted by Crippen LogP contribution is -2.62. The van der Waals surface area contributed by atoms with Crippen LogP contribution in [0.4, 0.5) is 19.0 Å². The minimum atomic E-state index is -3.61. The summed E-state index contributed by atoms with van der Waals surface area (Å²) in [5.74, 6) is -2.08. The van der Waals surface area contributed by atoms with Crippen molar-refractivity contribution in [2.24, 2.45) is 5.41 Å². The fraction of sp³-hybridized carbons (Fsp3) is 0.645. The highest BCUT2D eigenvalue weighted by Gasteiger charge is 2.47. The average Bonchev–Trinajstić information content (AvgIpc) is 3.01. The lowest BCUT2D eigenvalue weighted by molar-refractivity contribution is -0.239. The molecule has 1 aromatic carbocycles. The molecule has 2 aromatic rings. The first-order chi connectivity index (χ1) is 22.7. The summed E-state index contributed by atoms with van der Waals surface area (Å²) in [5.41, 5.74) is -0.158. The molecule has 0 saturated carbocycles. The molecule has 4 heterocycles. The lowest BCUT2D eigenvalue weighted by Gasteiger charge is -2.55. The first-order valence-electron chi connectivity index (χ1n) is 16.2. The number of β-amino-alcohol motifs (C(OH)–C–C–N with tert-alkyl or cyclic N) is 1. The third kappa shape index (κ3) is 8.73. The second kappa shape index (κ2) is 14.8. The summed E-state index contributed by atoms with van der Waals surface area (Å²) in [5, 5.41) is 11.1. The molecule has 266 valence electrons. The maximum Gasteiger partial charge on any atom is 0.277 e. The summed E-state index contributed by atoms with van der Waals surface area (Å²) in [7, 11) is -3.61. The van der Waals surface area contributed by atoms with Crippen molar-refractivity contribution in [1.29, 1.82) is 0 Å². The molecular formula is C31H44F3N7O6S. The Hall–Kier alpha value is -3.09. The Morgan fingerprint density at radius 3 is 2.56 bits per heavy atom. The Bertz CT molecular complexity index is 1530. The molecule has 1 spiro atoms. The highest BCUT2D eigenvalue weighted by molar-refractivity contribution is 7.87. The summed E-state index contributed by atoms with van der Waals surface area (Å²) < 4.78 is 81.5. The van der Waals surface area contributed by atoms with E-state index in [9.17, 15) is 31.5 Å². The number of carbonyl (C=O) groups is 1. The van der Waals surface area contributed by atoms with Gasteiger partial charge in [-0.25, -0.2) is 27.9 Å². The fourth-order valence-electron chi connectivity index (χ4n) is 6.57. The van der Waals surface area contributed by atoms with Crippen molar-refractivity contribution in [2.45, 2.75) is 70.8 Å². The number of amides is 1. The van der Waals surface area contributed by atoms with Gasteiger partial charge >= 0.3 is 0 Å². The Balaban J connectivity index is 1.17. The van der Waals surface area contributed by atoms with E-state index >= 15 is 0 Å². The second-order valence-corrected chi connectivity index (χ2v) is 14.7. The predicted octanol–water partition coefficient (Wildman–Crippen LogP) is 2.74. The Kier molecular flexibility index (Phi) is 11.2. The van der Waals surface area contributed by atoms with Gasteiger partial charge in [-0.05, 0) is 64.4 Å². The van der Waals surface area contributed by atoms with E-state index in [0.717, 1.165) is 43.0 Å². The zero-order valence-electron chi connectivity index (χ0n) is 27.4. The lowest BCUT2D eigenvalue weighted by atomic mass is 9.72. The Morgan fingerprint density at radius 2 is 1.94 bits per heavy atom. The van der Waals surface area contributed by atoms with Gasteiger partial charge in [0.15, 0.2) is 17.4 Å². The number of hydrogen-bond acceptors (Lipinski definition) is 10. The molecule has 48 heavy (non-hydrogen) atoms. The number of rotatable bonds is 13. The molecule has 1 aromatic heterocycles. The van der Waals surface area contributed by atoms with E-state index in [1.165, 1.54) is 18.6 Å². The zero-order chi connectivity index (χ0) is 34.7. The number of hydrogen-bond donors (Lipinski definition) is 3. The van der Waals surface area contributed by atoms with Crippen LogP contribution < -0.4 is 19.1 Å². The van der Waals surface area contributed by atoms with E-state index in [1.54, 1.807) is 20.8 Å². The normalized spacial score (nSPS) is 23.0. The van der Waals surface area contributed by atoms with Crippen molar-refractivity contribution in [3.05, 3.63) is 42.1 Å². The number of piperidine rings is 1. The Labute approximate surface area is 279 Å². The molecule has 3 aliphatic heterocycles. The number of aliphatic hydroxyl groups is 1. The zero-order valence-corrected chi connectivity index (χ0v) is 28.2. The van der Waals surface area contributed by atoms with E-state index < -0.39 is 52.8 Å². The van der Waals surface area contributed by atoms with Gasteiger partial charge in [0.1, 0.15) is 17.9 Å². The van der Waals surface area contributed by atoms with Crippen LogP contribution in [0.25, 0.3) is 0 Å². The molecule has 0 bridgehead atoms. The second-order valence-electron chi connectivity index (χ2n) is 13.1. The number of aromatic nitrogens is 2. The van der Waals surface area contributed by atoms with Crippen LogP contribution in [-0.2, 0) is 14.9 Å². The highest BCUT2D eigenvalue weighted by Crippen LogP contribution is 2.45. The van der Waals surface area contributed by atoms with Crippen molar-refractivity contribution >= 4 is 21.9 Å². The summed E-state index contributed by atoms with van der Waals surface area (Å²) >= 11 is 0. The smallest absolute Gasteiger partial charge is 0.277 e. The molecule has 5 rings (SSSR count). The van der Waals surface area contributed by atoms with Gasteiger partial charge in [0.2, 0.25) is 0 Å². The van der Waals surface area contributed by atoms with Gasteiger partial charge in [-0.15, -0.1) is 0 Å². The fourth-order valence-corrected chi connectivity index (χ4v) is 7.66. The monoisotopic (exact) mass is 699 g/mol. The summed E-state index contributed by atoms with van der Waals surface area (Å²) in [6.07, 6.45) is 2.59. The van der Waals surface area contributed by atoms with Crippen LogP contribution in [0.3, 0.4) is 0 Å². The number of benzene rings is 1. The predicted molar refractivity (Wildman–Crippen MR) is 171 cm³/mol. The molecule has 0 radical (unpaired) electrons. The van der Waals surface area contributed by atoms with Crippen molar-refractivity contribution in [3.63, 3.8) is 0 Å². The maximum absolute atomic E-state index is 14.3. The number of nitrogens with one attached hydrogen (secondary N) is 2. The van der Waals surface area contributed by atoms with E-state index in [-0.39, 0.29) is 35.6 Å². The summed E-state index contributed by atoms with van der Waals surface area (Å²) in [6, 6.07) is 2.44. The van der Waals surface area contributed by atoms with Crippen LogP contribution in [0.1, 0.15) is 56.8 Å². The van der Waals surface area contributed by atoms with Crippen LogP contribution in [0, 0.1) is 11.2 Å². The summed E-state index contributed by atoms with van der Waals surface area (Å²) in [4.78, 5) is 27.0. The number of ether oxygens (including phenoxy) is 2. The van der Waals surface area contributed by atoms with Crippen molar-refractivity contribution < 1.29 is 41.0 Å².